The summed E-state index contributed by atoms with van der Waals surface area (Å²) in [5.74, 6) is -4.65. The third kappa shape index (κ3) is 50.7. The van der Waals surface area contributed by atoms with Gasteiger partial charge in [0.1, 0.15) is 43.2 Å². The average Bonchev–Trinajstić information content (AvgIpc) is 3.48. The standard InChI is InChI=1S/C21H39N3O8.C13H21NO10.C6H15N.2C5H13N.CH4O.CO.ClH/c1-5-12(3)9-22-15(26)8-7-14(25)17(28)18(29)19(30)20(31)21(32)24-11-16(27)23-10-13(4)6-2;1-23-7(16)4-3-6(15)9(18)10(19)11(20)12(21)13(22)14-5-8(17)24-2;1-4-7(5-2)6-3;2*1-3-5(2)4-6;2*1-2;/h12-13,17-20,28-31H,5-11H2,1-4H3,(H,22,26)(H,23,27)(H,24,32);9-12,18-21H,3-5H2,1-2H3,(H,14,22);4-6H2,1-3H3;2*5H,3-4,6H2,1-2H3;2H,1H3;;1H/t12?,13?,17-,18-,19+,20-;9-,10-,11+,12-;;;;;;/m11....../s1. The van der Waals surface area contributed by atoms with E-state index in [1.807, 2.05) is 33.0 Å². The van der Waals surface area contributed by atoms with Gasteiger partial charge >= 0.3 is 23.2 Å². The summed E-state index contributed by atoms with van der Waals surface area (Å²) in [7, 11) is 3.17. The molecule has 476 valence electrons. The number of nitrogens with zero attached hydrogens (tertiary/aromatic N) is 1. The van der Waals surface area contributed by atoms with Crippen molar-refractivity contribution >= 4 is 47.1 Å². The largest absolute Gasteiger partial charge is 1.00 e. The molecule has 0 rings (SSSR count). The van der Waals surface area contributed by atoms with Gasteiger partial charge < -0.3 is 105 Å². The predicted octanol–water partition coefficient (Wildman–Crippen LogP) is -6.35. The Hall–Kier alpha value is -4.29. The van der Waals surface area contributed by atoms with Gasteiger partial charge in [-0.1, -0.05) is 95.4 Å². The SMILES string of the molecule is CCC(C)CN.CCC(C)CNC(=O)CCC(=O)[C@@H](O)[C@@H](O)[C@H](O)[C@@H](O)C(=O)NCC(=O)NCC(C)CC.CCC(C)C[NH3+].CCN(CC)CC.CO.COC(=O)CCC(=O)[C@@H](O)[C@@H](O)[C@H](O)[C@@H](O)C(=O)NCC(=O)OC.[C-]#[O+].[Cl-]. The molecule has 4 amide bonds. The molecule has 0 aliphatic carbocycles. The van der Waals surface area contributed by atoms with E-state index in [4.69, 9.17) is 15.5 Å². The normalized spacial score (nSPS) is 14.6. The Morgan fingerprint density at radius 3 is 1.10 bits per heavy atom. The number of aliphatic hydroxyl groups excluding tert-OH is 9. The summed E-state index contributed by atoms with van der Waals surface area (Å²) >= 11 is 0. The average molecular weight is 1180 g/mol. The van der Waals surface area contributed by atoms with Gasteiger partial charge in [0.05, 0.1) is 33.7 Å². The number of hydrogen-bond donors (Lipinski definition) is 15. The van der Waals surface area contributed by atoms with Crippen LogP contribution in [0.3, 0.4) is 0 Å². The summed E-state index contributed by atoms with van der Waals surface area (Å²) in [5, 5.41) is 94.4. The van der Waals surface area contributed by atoms with Crippen LogP contribution in [0.5, 0.6) is 0 Å². The summed E-state index contributed by atoms with van der Waals surface area (Å²) in [5.41, 5.74) is 9.04. The van der Waals surface area contributed by atoms with Crippen LogP contribution in [-0.2, 0) is 52.5 Å². The quantitative estimate of drug-likeness (QED) is 0.0165. The molecule has 27 nitrogen and oxygen atoms in total. The molecular weight excluding hydrogens is 1080 g/mol. The molecule has 4 unspecified atom stereocenters. The molecule has 0 radical (unpaired) electrons. The summed E-state index contributed by atoms with van der Waals surface area (Å²) in [6.45, 7) is 32.9. The number of quaternary nitrogens is 1. The van der Waals surface area contributed by atoms with E-state index in [0.717, 1.165) is 53.2 Å². The molecule has 0 aliphatic heterocycles. The maximum absolute atomic E-state index is 12.0. The molecule has 0 aromatic heterocycles. The van der Waals surface area contributed by atoms with E-state index in [1.165, 1.54) is 32.5 Å². The second-order valence-electron chi connectivity index (χ2n) is 18.1. The van der Waals surface area contributed by atoms with Crippen LogP contribution in [0.25, 0.3) is 0 Å². The van der Waals surface area contributed by atoms with Crippen molar-refractivity contribution in [3.8, 4) is 0 Å². The summed E-state index contributed by atoms with van der Waals surface area (Å²) in [4.78, 5) is 94.5. The Morgan fingerprint density at radius 2 is 0.825 bits per heavy atom. The Morgan fingerprint density at radius 1 is 0.500 bits per heavy atom. The topological polar surface area (TPSA) is 462 Å². The van der Waals surface area contributed by atoms with Crippen LogP contribution in [0, 0.1) is 30.3 Å². The summed E-state index contributed by atoms with van der Waals surface area (Å²) in [6.07, 6.45) is -14.6. The minimum Gasteiger partial charge on any atom is -1.00 e. The van der Waals surface area contributed by atoms with Gasteiger partial charge in [-0.3, -0.25) is 38.4 Å². The van der Waals surface area contributed by atoms with Crippen molar-refractivity contribution in [2.75, 3.05) is 80.2 Å². The van der Waals surface area contributed by atoms with Crippen molar-refractivity contribution in [1.82, 2.24) is 26.2 Å². The predicted molar refractivity (Wildman–Crippen MR) is 293 cm³/mol. The molecule has 18 N–H and O–H groups in total. The van der Waals surface area contributed by atoms with Crippen molar-refractivity contribution in [1.29, 1.82) is 0 Å². The minimum absolute atomic E-state index is 0. The van der Waals surface area contributed by atoms with Crippen molar-refractivity contribution in [3.05, 3.63) is 6.65 Å². The van der Waals surface area contributed by atoms with E-state index < -0.39 is 122 Å². The van der Waals surface area contributed by atoms with Gasteiger partial charge in [0.25, 0.3) is 11.8 Å². The van der Waals surface area contributed by atoms with Gasteiger partial charge in [-0.25, -0.2) is 0 Å². The fourth-order valence-electron chi connectivity index (χ4n) is 4.96. The summed E-state index contributed by atoms with van der Waals surface area (Å²) < 4.78 is 16.0. The van der Waals surface area contributed by atoms with Gasteiger partial charge in [0, 0.05) is 45.4 Å². The maximum Gasteiger partial charge on any atom is -1.00 e. The zero-order valence-corrected chi connectivity index (χ0v) is 50.8. The number of rotatable bonds is 33. The molecule has 0 saturated carbocycles. The number of aliphatic hydroxyl groups is 9. The number of nitrogens with two attached hydrogens (primary N) is 1. The minimum atomic E-state index is -2.22. The molecule has 12 atom stereocenters. The molecule has 0 aromatic rings. The fourth-order valence-corrected chi connectivity index (χ4v) is 4.96. The number of hydrogen-bond acceptors (Lipinski definition) is 21. The zero-order chi connectivity index (χ0) is 63.4. The number of esters is 2. The van der Waals surface area contributed by atoms with Gasteiger partial charge in [0.2, 0.25) is 11.8 Å². The Kier molecular flexibility index (Phi) is 70.0. The molecule has 0 saturated heterocycles. The second-order valence-corrected chi connectivity index (χ2v) is 18.1. The molecule has 0 aromatic carbocycles. The zero-order valence-electron chi connectivity index (χ0n) is 50.1. The number of carbonyl (C=O) groups is 8. The van der Waals surface area contributed by atoms with E-state index >= 15 is 0 Å². The van der Waals surface area contributed by atoms with Crippen LogP contribution >= 0.6 is 0 Å². The maximum atomic E-state index is 12.0. The first-order valence-corrected chi connectivity index (χ1v) is 26.6. The van der Waals surface area contributed by atoms with E-state index in [9.17, 15) is 79.2 Å². The number of ketones is 2. The number of halogens is 1. The Bertz CT molecular complexity index is 1490. The molecule has 28 heteroatoms. The van der Waals surface area contributed by atoms with Crippen molar-refractivity contribution in [2.45, 2.75) is 176 Å². The van der Waals surface area contributed by atoms with Gasteiger partial charge in [-0.2, -0.15) is 0 Å². The number of carbonyl (C=O) groups excluding carboxylic acids is 8. The monoisotopic (exact) mass is 1180 g/mol. The second kappa shape index (κ2) is 60.8. The van der Waals surface area contributed by atoms with Crippen LogP contribution in [-0.4, -0.2) is 227 Å². The fraction of sp³-hybridized carbons (Fsp3) is 0.827. The van der Waals surface area contributed by atoms with Crippen molar-refractivity contribution in [3.63, 3.8) is 0 Å². The van der Waals surface area contributed by atoms with E-state index in [0.29, 0.717) is 19.0 Å². The number of nitrogens with one attached hydrogen (secondary N) is 4. The number of Topliss-reactive ketones (excluding diaryl/α,β-unsaturated/α-hetero) is 2. The molecule has 0 spiro atoms. The van der Waals surface area contributed by atoms with E-state index in [2.05, 4.69) is 91.2 Å². The van der Waals surface area contributed by atoms with Crippen LogP contribution < -0.4 is 45.1 Å². The Labute approximate surface area is 481 Å². The Balaban J connectivity index is -0.000000156. The molecule has 0 fully saturated rings. The first-order valence-electron chi connectivity index (χ1n) is 26.6. The van der Waals surface area contributed by atoms with Crippen molar-refractivity contribution < 1.29 is 117 Å². The third-order valence-electron chi connectivity index (χ3n) is 12.0. The summed E-state index contributed by atoms with van der Waals surface area (Å²) in [6, 6.07) is 0. The van der Waals surface area contributed by atoms with Gasteiger partial charge in [-0.15, -0.1) is 0 Å². The first-order chi connectivity index (χ1) is 37.0. The first kappa shape index (κ1) is 92.2. The molecular formula is C52H106ClN7O20. The van der Waals surface area contributed by atoms with Crippen LogP contribution in [0.2, 0.25) is 0 Å². The van der Waals surface area contributed by atoms with Gasteiger partial charge in [0.15, 0.2) is 23.8 Å². The van der Waals surface area contributed by atoms with Crippen LogP contribution in [0.15, 0.2) is 0 Å². The van der Waals surface area contributed by atoms with Crippen molar-refractivity contribution in [2.24, 2.45) is 29.4 Å². The number of ether oxygens (including phenoxy) is 2. The van der Waals surface area contributed by atoms with E-state index in [-0.39, 0.29) is 37.1 Å². The molecule has 0 heterocycles. The number of amides is 4. The van der Waals surface area contributed by atoms with E-state index in [1.54, 1.807) is 0 Å². The molecule has 0 bridgehead atoms. The molecule has 80 heavy (non-hydrogen) atoms. The third-order valence-corrected chi connectivity index (χ3v) is 12.0. The number of methoxy groups -OCH3 is 2. The van der Waals surface area contributed by atoms with Gasteiger partial charge in [-0.05, 0) is 50.4 Å². The van der Waals surface area contributed by atoms with Crippen LogP contribution in [0.1, 0.15) is 128 Å². The smallest absolute Gasteiger partial charge is 1.00 e. The van der Waals surface area contributed by atoms with Crippen LogP contribution in [0.4, 0.5) is 0 Å². The molecule has 0 aliphatic rings.